The molecule has 12 heteroatoms. The summed E-state index contributed by atoms with van der Waals surface area (Å²) >= 11 is 0. The Morgan fingerprint density at radius 2 is 1.19 bits per heavy atom. The van der Waals surface area contributed by atoms with Gasteiger partial charge in [-0.25, -0.2) is 5.48 Å². The molecule has 0 aliphatic carbocycles. The van der Waals surface area contributed by atoms with Gasteiger partial charge in [-0.2, -0.15) is 13.5 Å². The second-order valence-corrected chi connectivity index (χ2v) is 11.7. The Morgan fingerprint density at radius 3 is 1.67 bits per heavy atom. The van der Waals surface area contributed by atoms with Crippen LogP contribution in [-0.2, 0) is 29.9 Å². The summed E-state index contributed by atoms with van der Waals surface area (Å²) in [6.07, 6.45) is 1.47. The number of nitrogens with one attached hydrogen (secondary N) is 1. The van der Waals surface area contributed by atoms with Gasteiger partial charge < -0.3 is 19.9 Å². The Hall–Kier alpha value is -5.69. The second kappa shape index (κ2) is 17.9. The van der Waals surface area contributed by atoms with E-state index in [0.29, 0.717) is 42.6 Å². The molecule has 11 nitrogen and oxygen atoms in total. The van der Waals surface area contributed by atoms with Crippen LogP contribution in [0, 0.1) is 6.92 Å². The van der Waals surface area contributed by atoms with Crippen LogP contribution in [0.15, 0.2) is 142 Å². The van der Waals surface area contributed by atoms with Gasteiger partial charge in [-0.1, -0.05) is 109 Å². The Bertz CT molecular complexity index is 1890. The van der Waals surface area contributed by atoms with E-state index in [9.17, 15) is 8.42 Å². The summed E-state index contributed by atoms with van der Waals surface area (Å²) in [5.41, 5.74) is 11.8. The van der Waals surface area contributed by atoms with Gasteiger partial charge in [0.1, 0.15) is 19.8 Å². The lowest BCUT2D eigenvalue weighted by Crippen LogP contribution is -2.27. The minimum Gasteiger partial charge on any atom is -0.485 e. The zero-order chi connectivity index (χ0) is 34.2. The van der Waals surface area contributed by atoms with Gasteiger partial charge in [-0.15, -0.1) is 5.10 Å². The molecule has 0 atom stereocenters. The number of benzene rings is 5. The SMILES string of the molecule is Cc1ccc(S(=O)(=O)O)cc1.NC(=NN=Cc1ccc(OCc2ccccc2)c(OCc2ccccc2)c1OCc1ccccc1)NO. The van der Waals surface area contributed by atoms with E-state index in [2.05, 4.69) is 10.2 Å². The van der Waals surface area contributed by atoms with Crippen LogP contribution in [0.25, 0.3) is 0 Å². The van der Waals surface area contributed by atoms with Gasteiger partial charge in [0.05, 0.1) is 11.1 Å². The average Bonchev–Trinajstić information content (AvgIpc) is 3.11. The molecule has 5 rings (SSSR count). The number of hydrogen-bond donors (Lipinski definition) is 4. The van der Waals surface area contributed by atoms with Crippen molar-refractivity contribution in [1.82, 2.24) is 5.48 Å². The molecule has 0 amide bonds. The quantitative estimate of drug-likeness (QED) is 0.0517. The van der Waals surface area contributed by atoms with E-state index in [4.69, 9.17) is 29.7 Å². The van der Waals surface area contributed by atoms with Gasteiger partial charge in [0, 0.05) is 5.56 Å². The summed E-state index contributed by atoms with van der Waals surface area (Å²) < 4.78 is 48.3. The van der Waals surface area contributed by atoms with E-state index < -0.39 is 10.1 Å². The first kappa shape index (κ1) is 35.2. The van der Waals surface area contributed by atoms with Crippen molar-refractivity contribution in [1.29, 1.82) is 0 Å². The smallest absolute Gasteiger partial charge is 0.294 e. The van der Waals surface area contributed by atoms with Gasteiger partial charge in [0.25, 0.3) is 10.1 Å². The molecule has 5 N–H and O–H groups in total. The molecule has 0 heterocycles. The van der Waals surface area contributed by atoms with Gasteiger partial charge in [0.15, 0.2) is 11.5 Å². The second-order valence-electron chi connectivity index (χ2n) is 10.3. The minimum absolute atomic E-state index is 0.0666. The van der Waals surface area contributed by atoms with Crippen molar-refractivity contribution in [2.75, 3.05) is 0 Å². The number of aryl methyl sites for hydroxylation is 1. The van der Waals surface area contributed by atoms with E-state index in [0.717, 1.165) is 22.3 Å². The van der Waals surface area contributed by atoms with Crippen LogP contribution in [-0.4, -0.2) is 30.4 Å². The van der Waals surface area contributed by atoms with Gasteiger partial charge in [0.2, 0.25) is 11.7 Å². The fourth-order valence-corrected chi connectivity index (χ4v) is 4.62. The summed E-state index contributed by atoms with van der Waals surface area (Å²) in [7, 11) is -4.02. The third-order valence-corrected chi connectivity index (χ3v) is 7.46. The maximum atomic E-state index is 10.5. The highest BCUT2D eigenvalue weighted by Gasteiger charge is 2.18. The van der Waals surface area contributed by atoms with Gasteiger partial charge in [-0.05, 0) is 47.9 Å². The Morgan fingerprint density at radius 1 is 0.708 bits per heavy atom. The van der Waals surface area contributed by atoms with E-state index in [-0.39, 0.29) is 10.9 Å². The predicted molar refractivity (Wildman–Crippen MR) is 184 cm³/mol. The minimum atomic E-state index is -4.02. The highest BCUT2D eigenvalue weighted by molar-refractivity contribution is 7.85. The molecule has 48 heavy (non-hydrogen) atoms. The molecule has 248 valence electrons. The summed E-state index contributed by atoms with van der Waals surface area (Å²) in [4.78, 5) is -0.0666. The lowest BCUT2D eigenvalue weighted by molar-refractivity contribution is 0.230. The number of nitrogens with two attached hydrogens (primary N) is 1. The van der Waals surface area contributed by atoms with Crippen molar-refractivity contribution in [2.45, 2.75) is 31.6 Å². The Labute approximate surface area is 279 Å². The predicted octanol–water partition coefficient (Wildman–Crippen LogP) is 6.29. The Balaban J connectivity index is 0.000000401. The van der Waals surface area contributed by atoms with Crippen LogP contribution >= 0.6 is 0 Å². The zero-order valence-corrected chi connectivity index (χ0v) is 27.0. The van der Waals surface area contributed by atoms with Crippen LogP contribution in [0.3, 0.4) is 0 Å². The third-order valence-electron chi connectivity index (χ3n) is 6.59. The van der Waals surface area contributed by atoms with Crippen molar-refractivity contribution < 1.29 is 32.4 Å². The van der Waals surface area contributed by atoms with Gasteiger partial charge >= 0.3 is 0 Å². The van der Waals surface area contributed by atoms with Crippen LogP contribution in [0.2, 0.25) is 0 Å². The first-order valence-electron chi connectivity index (χ1n) is 14.7. The summed E-state index contributed by atoms with van der Waals surface area (Å²) in [6, 6.07) is 39.1. The molecule has 5 aromatic carbocycles. The van der Waals surface area contributed by atoms with E-state index in [1.165, 1.54) is 18.3 Å². The topological polar surface area (TPSA) is 165 Å². The van der Waals surface area contributed by atoms with Crippen LogP contribution < -0.4 is 25.4 Å². The standard InChI is InChI=1S/C29H28N4O4.C7H8O3S/c30-29(33-34)32-31-18-25-16-17-26(35-19-22-10-4-1-5-11-22)28(37-21-24-14-8-3-9-15-24)27(25)36-20-23-12-6-2-7-13-23;1-6-2-4-7(5-3-6)11(8,9)10/h1-18,34H,19-21H2,(H3,30,32,33);2-5H,1H3,(H,8,9,10). The number of hydroxylamine groups is 1. The highest BCUT2D eigenvalue weighted by Crippen LogP contribution is 2.41. The fraction of sp³-hybridized carbons (Fsp3) is 0.111. The largest absolute Gasteiger partial charge is 0.485 e. The molecule has 0 spiro atoms. The number of rotatable bonds is 12. The first-order chi connectivity index (χ1) is 23.2. The first-order valence-corrected chi connectivity index (χ1v) is 16.1. The van der Waals surface area contributed by atoms with Crippen molar-refractivity contribution in [2.24, 2.45) is 15.9 Å². The molecule has 0 unspecified atom stereocenters. The molecule has 0 saturated carbocycles. The monoisotopic (exact) mass is 668 g/mol. The number of ether oxygens (including phenoxy) is 3. The summed E-state index contributed by atoms with van der Waals surface area (Å²) in [5, 5.41) is 16.5. The van der Waals surface area contributed by atoms with E-state index in [1.54, 1.807) is 29.7 Å². The fourth-order valence-electron chi connectivity index (χ4n) is 4.14. The molecular weight excluding hydrogens is 632 g/mol. The molecule has 5 aromatic rings. The number of guanidine groups is 1. The Kier molecular flexibility index (Phi) is 13.1. The molecule has 0 aromatic heterocycles. The van der Waals surface area contributed by atoms with Crippen molar-refractivity contribution in [3.63, 3.8) is 0 Å². The van der Waals surface area contributed by atoms with Crippen molar-refractivity contribution in [3.05, 3.63) is 155 Å². The normalized spacial score (nSPS) is 11.4. The zero-order valence-electron chi connectivity index (χ0n) is 26.1. The lowest BCUT2D eigenvalue weighted by atomic mass is 10.1. The molecule has 0 aliphatic heterocycles. The third kappa shape index (κ3) is 11.3. The summed E-state index contributed by atoms with van der Waals surface area (Å²) in [6.45, 7) is 2.81. The molecular formula is C36H36N4O7S. The lowest BCUT2D eigenvalue weighted by Gasteiger charge is -2.19. The maximum absolute atomic E-state index is 10.5. The molecule has 0 radical (unpaired) electrons. The highest BCUT2D eigenvalue weighted by atomic mass is 32.2. The van der Waals surface area contributed by atoms with Crippen molar-refractivity contribution in [3.8, 4) is 17.2 Å². The van der Waals surface area contributed by atoms with Crippen LogP contribution in [0.1, 0.15) is 27.8 Å². The van der Waals surface area contributed by atoms with E-state index >= 15 is 0 Å². The molecule has 0 bridgehead atoms. The summed E-state index contributed by atoms with van der Waals surface area (Å²) in [5.74, 6) is 1.17. The average molecular weight is 669 g/mol. The van der Waals surface area contributed by atoms with Gasteiger partial charge in [-0.3, -0.25) is 9.76 Å². The molecule has 0 aliphatic rings. The van der Waals surface area contributed by atoms with Crippen molar-refractivity contribution >= 4 is 22.3 Å². The number of nitrogens with zero attached hydrogens (tertiary/aromatic N) is 2. The van der Waals surface area contributed by atoms with Crippen LogP contribution in [0.5, 0.6) is 17.2 Å². The molecule has 0 saturated heterocycles. The number of hydrogen-bond acceptors (Lipinski definition) is 8. The molecule has 0 fully saturated rings. The maximum Gasteiger partial charge on any atom is 0.294 e. The van der Waals surface area contributed by atoms with E-state index in [1.807, 2.05) is 97.9 Å². The van der Waals surface area contributed by atoms with Crippen LogP contribution in [0.4, 0.5) is 0 Å².